The van der Waals surface area contributed by atoms with Gasteiger partial charge in [0.15, 0.2) is 0 Å². The average Bonchev–Trinajstić information content (AvgIpc) is 1.14. The van der Waals surface area contributed by atoms with Crippen molar-refractivity contribution in [3.05, 3.63) is 0 Å². The third-order valence-corrected chi connectivity index (χ3v) is 0.841. The summed E-state index contributed by atoms with van der Waals surface area (Å²) in [6.45, 7) is 5.53. The first-order chi connectivity index (χ1) is 3.71. The van der Waals surface area contributed by atoms with E-state index in [1.54, 1.807) is 0 Å². The second-order valence-corrected chi connectivity index (χ2v) is 3.61. The van der Waals surface area contributed by atoms with Crippen LogP contribution in [0.5, 0.6) is 0 Å². The molecule has 0 fully saturated rings. The normalized spacial score (nSPS) is 13.6. The molecule has 54 valence electrons. The van der Waals surface area contributed by atoms with E-state index in [1.165, 1.54) is 27.7 Å². The van der Waals surface area contributed by atoms with Crippen molar-refractivity contribution < 1.29 is 8.78 Å². The van der Waals surface area contributed by atoms with E-state index in [9.17, 15) is 8.78 Å². The Morgan fingerprint density at radius 2 is 1.11 bits per heavy atom. The Morgan fingerprint density at radius 3 is 1.11 bits per heavy atom. The maximum absolute atomic E-state index is 12.6. The van der Waals surface area contributed by atoms with Crippen molar-refractivity contribution >= 4 is 7.28 Å². The van der Waals surface area contributed by atoms with E-state index in [1.807, 2.05) is 0 Å². The Balaban J connectivity index is 3.75. The molecule has 0 rings (SSSR count). The summed E-state index contributed by atoms with van der Waals surface area (Å²) in [4.78, 5) is 0. The van der Waals surface area contributed by atoms with E-state index in [4.69, 9.17) is 0 Å². The fourth-order valence-corrected chi connectivity index (χ4v) is 1.000. The van der Waals surface area contributed by atoms with Crippen LogP contribution in [0.2, 0.25) is 0 Å². The van der Waals surface area contributed by atoms with Crippen LogP contribution >= 0.6 is 0 Å². The summed E-state index contributed by atoms with van der Waals surface area (Å²) < 4.78 is 25.3. The molecule has 0 atom stereocenters. The molecule has 0 saturated carbocycles. The van der Waals surface area contributed by atoms with Crippen molar-refractivity contribution in [2.24, 2.45) is 0 Å². The Bertz CT molecular complexity index is 76.2. The largest absolute Gasteiger partial charge is 0.254 e. The Morgan fingerprint density at radius 1 is 0.889 bits per heavy atom. The maximum atomic E-state index is 12.6. The van der Waals surface area contributed by atoms with Gasteiger partial charge in [0.1, 0.15) is 0 Å². The highest BCUT2D eigenvalue weighted by atomic mass is 19.2. The highest BCUT2D eigenvalue weighted by Gasteiger charge is 2.30. The number of hydrogen-bond acceptors (Lipinski definition) is 0. The van der Waals surface area contributed by atoms with E-state index in [2.05, 4.69) is 0 Å². The molecule has 0 aromatic rings. The van der Waals surface area contributed by atoms with Gasteiger partial charge in [0, 0.05) is 0 Å². The zero-order chi connectivity index (χ0) is 7.71. The first-order valence-corrected chi connectivity index (χ1v) is 3.09. The van der Waals surface area contributed by atoms with Gasteiger partial charge in [-0.1, -0.05) is 0 Å². The molecule has 0 N–H and O–H groups in total. The van der Waals surface area contributed by atoms with E-state index >= 15 is 0 Å². The van der Waals surface area contributed by atoms with Gasteiger partial charge in [-0.15, -0.1) is 0 Å². The average molecular weight is 134 g/mol. The van der Waals surface area contributed by atoms with Crippen LogP contribution in [0.3, 0.4) is 0 Å². The lowest BCUT2D eigenvalue weighted by atomic mass is 9.53. The zero-order valence-electron chi connectivity index (χ0n) is 6.46. The van der Waals surface area contributed by atoms with E-state index in [0.717, 1.165) is 0 Å². The topological polar surface area (TPSA) is 0 Å². The molecular formula is C6H13BF2. The minimum Gasteiger partial charge on any atom is -0.254 e. The molecular weight excluding hydrogens is 121 g/mol. The molecule has 0 heterocycles. The van der Waals surface area contributed by atoms with Crippen molar-refractivity contribution in [3.63, 3.8) is 0 Å². The minimum atomic E-state index is -1.39. The SMILES string of the molecule is CC(C)(F)BC(C)(C)F. The molecule has 0 nitrogen and oxygen atoms in total. The van der Waals surface area contributed by atoms with E-state index < -0.39 is 11.1 Å². The van der Waals surface area contributed by atoms with Gasteiger partial charge >= 0.3 is 0 Å². The third-order valence-electron chi connectivity index (χ3n) is 0.841. The first kappa shape index (κ1) is 8.92. The number of rotatable bonds is 2. The van der Waals surface area contributed by atoms with Gasteiger partial charge in [-0.2, -0.15) is 0 Å². The predicted octanol–water partition coefficient (Wildman–Crippen LogP) is 1.83. The number of alkyl halides is 2. The maximum Gasteiger partial charge on any atom is 0.213 e. The standard InChI is InChI=1S/C6H13BF2/c1-5(2,8)7-6(3,4)9/h7H,1-4H3. The first-order valence-electron chi connectivity index (χ1n) is 3.09. The summed E-state index contributed by atoms with van der Waals surface area (Å²) in [5.41, 5.74) is -2.78. The summed E-state index contributed by atoms with van der Waals surface area (Å²) in [5.74, 6) is 0. The Kier molecular flexibility index (Phi) is 2.26. The molecule has 0 spiro atoms. The van der Waals surface area contributed by atoms with Crippen LogP contribution in [-0.2, 0) is 0 Å². The van der Waals surface area contributed by atoms with Crippen molar-refractivity contribution in [2.75, 3.05) is 0 Å². The molecule has 0 bridgehead atoms. The van der Waals surface area contributed by atoms with Crippen LogP contribution in [0, 0.1) is 0 Å². The van der Waals surface area contributed by atoms with Crippen molar-refractivity contribution in [2.45, 2.75) is 38.8 Å². The Hall–Kier alpha value is -0.0751. The van der Waals surface area contributed by atoms with E-state index in [-0.39, 0.29) is 7.28 Å². The summed E-state index contributed by atoms with van der Waals surface area (Å²) in [6, 6.07) is 0. The molecule has 0 saturated heterocycles. The molecule has 0 radical (unpaired) electrons. The monoisotopic (exact) mass is 134 g/mol. The van der Waals surface area contributed by atoms with Crippen molar-refractivity contribution in [1.29, 1.82) is 0 Å². The van der Waals surface area contributed by atoms with Crippen LogP contribution in [0.1, 0.15) is 27.7 Å². The van der Waals surface area contributed by atoms with Gasteiger partial charge < -0.3 is 0 Å². The molecule has 0 unspecified atom stereocenters. The summed E-state index contributed by atoms with van der Waals surface area (Å²) in [7, 11) is -0.0417. The second-order valence-electron chi connectivity index (χ2n) is 3.61. The summed E-state index contributed by atoms with van der Waals surface area (Å²) in [5, 5.41) is 0. The molecule has 0 amide bonds. The molecule has 3 heteroatoms. The van der Waals surface area contributed by atoms with Gasteiger partial charge in [-0.3, -0.25) is 8.78 Å². The Labute approximate surface area is 55.9 Å². The zero-order valence-corrected chi connectivity index (χ0v) is 6.46. The molecule has 0 aliphatic heterocycles. The molecule has 9 heavy (non-hydrogen) atoms. The lowest BCUT2D eigenvalue weighted by Gasteiger charge is -2.19. The second kappa shape index (κ2) is 2.27. The number of halogens is 2. The highest BCUT2D eigenvalue weighted by molar-refractivity contribution is 6.42. The van der Waals surface area contributed by atoms with Gasteiger partial charge in [0.05, 0.1) is 11.1 Å². The summed E-state index contributed by atoms with van der Waals surface area (Å²) in [6.07, 6.45) is 0. The van der Waals surface area contributed by atoms with Crippen LogP contribution in [0.15, 0.2) is 0 Å². The summed E-state index contributed by atoms with van der Waals surface area (Å²) >= 11 is 0. The lowest BCUT2D eigenvalue weighted by molar-refractivity contribution is 0.274. The van der Waals surface area contributed by atoms with Gasteiger partial charge in [0.2, 0.25) is 7.28 Å². The van der Waals surface area contributed by atoms with Gasteiger partial charge in [-0.05, 0) is 27.7 Å². The minimum absolute atomic E-state index is 0.0417. The predicted molar refractivity (Wildman–Crippen MR) is 37.5 cm³/mol. The molecule has 0 aromatic heterocycles. The van der Waals surface area contributed by atoms with E-state index in [0.29, 0.717) is 0 Å². The molecule has 0 aliphatic carbocycles. The quantitative estimate of drug-likeness (QED) is 0.505. The molecule has 0 aromatic carbocycles. The number of hydrogen-bond donors (Lipinski definition) is 0. The van der Waals surface area contributed by atoms with Crippen molar-refractivity contribution in [1.82, 2.24) is 0 Å². The van der Waals surface area contributed by atoms with Crippen LogP contribution in [0.4, 0.5) is 8.78 Å². The smallest absolute Gasteiger partial charge is 0.213 e. The van der Waals surface area contributed by atoms with Crippen LogP contribution < -0.4 is 0 Å². The third kappa shape index (κ3) is 7.92. The van der Waals surface area contributed by atoms with Crippen molar-refractivity contribution in [3.8, 4) is 0 Å². The van der Waals surface area contributed by atoms with Gasteiger partial charge in [-0.25, -0.2) is 0 Å². The van der Waals surface area contributed by atoms with Gasteiger partial charge in [0.25, 0.3) is 0 Å². The lowest BCUT2D eigenvalue weighted by Crippen LogP contribution is -2.37. The van der Waals surface area contributed by atoms with Crippen LogP contribution in [0.25, 0.3) is 0 Å². The van der Waals surface area contributed by atoms with Crippen LogP contribution in [-0.4, -0.2) is 18.4 Å². The highest BCUT2D eigenvalue weighted by Crippen LogP contribution is 2.16. The molecule has 0 aliphatic rings. The fraction of sp³-hybridized carbons (Fsp3) is 1.00. The fourth-order valence-electron chi connectivity index (χ4n) is 1.000.